The number of carbonyl (C=O) groups excluding carboxylic acids is 3. The molecular formula is C25H30ClN3O3. The highest BCUT2D eigenvalue weighted by Gasteiger charge is 2.27. The van der Waals surface area contributed by atoms with Gasteiger partial charge in [-0.1, -0.05) is 48.9 Å². The van der Waals surface area contributed by atoms with Crippen molar-refractivity contribution in [1.29, 1.82) is 0 Å². The number of rotatable bonds is 8. The van der Waals surface area contributed by atoms with Crippen molar-refractivity contribution in [1.82, 2.24) is 10.2 Å². The monoisotopic (exact) mass is 455 g/mol. The molecule has 1 aliphatic rings. The average Bonchev–Trinajstić information content (AvgIpc) is 2.81. The molecule has 170 valence electrons. The lowest BCUT2D eigenvalue weighted by atomic mass is 9.95. The number of aryl methyl sites for hydroxylation is 1. The van der Waals surface area contributed by atoms with E-state index in [0.29, 0.717) is 55.2 Å². The Balaban J connectivity index is 1.46. The molecule has 2 N–H and O–H groups in total. The lowest BCUT2D eigenvalue weighted by Gasteiger charge is -2.31. The highest BCUT2D eigenvalue weighted by atomic mass is 35.5. The van der Waals surface area contributed by atoms with Crippen molar-refractivity contribution < 1.29 is 14.4 Å². The normalized spacial score (nSPS) is 14.1. The maximum atomic E-state index is 12.7. The Bertz CT molecular complexity index is 941. The predicted molar refractivity (Wildman–Crippen MR) is 127 cm³/mol. The highest BCUT2D eigenvalue weighted by Crippen LogP contribution is 2.24. The minimum absolute atomic E-state index is 0.0827. The van der Waals surface area contributed by atoms with Crippen LogP contribution in [0.3, 0.4) is 0 Å². The predicted octanol–water partition coefficient (Wildman–Crippen LogP) is 4.29. The number of benzene rings is 2. The second-order valence-electron chi connectivity index (χ2n) is 8.08. The third kappa shape index (κ3) is 6.57. The molecule has 0 unspecified atom stereocenters. The van der Waals surface area contributed by atoms with E-state index in [9.17, 15) is 14.4 Å². The number of carbonyl (C=O) groups is 3. The first-order valence-electron chi connectivity index (χ1n) is 11.2. The summed E-state index contributed by atoms with van der Waals surface area (Å²) in [6.45, 7) is 3.73. The molecule has 0 aliphatic carbocycles. The molecular weight excluding hydrogens is 426 g/mol. The summed E-state index contributed by atoms with van der Waals surface area (Å²) < 4.78 is 0. The zero-order chi connectivity index (χ0) is 22.9. The van der Waals surface area contributed by atoms with Crippen LogP contribution in [-0.4, -0.2) is 42.3 Å². The van der Waals surface area contributed by atoms with E-state index in [1.165, 1.54) is 0 Å². The molecule has 6 nitrogen and oxygen atoms in total. The Hall–Kier alpha value is -2.86. The molecule has 0 saturated carbocycles. The highest BCUT2D eigenvalue weighted by molar-refractivity contribution is 6.34. The molecule has 0 radical (unpaired) electrons. The molecule has 3 amide bonds. The first kappa shape index (κ1) is 23.8. The SMILES string of the molecule is CCCNC(=O)c1ccc(NC(=O)C2CCN(C(=O)CCc3ccccc3)CC2)cc1Cl. The summed E-state index contributed by atoms with van der Waals surface area (Å²) in [5, 5.41) is 5.99. The maximum absolute atomic E-state index is 12.7. The summed E-state index contributed by atoms with van der Waals surface area (Å²) in [7, 11) is 0. The Morgan fingerprint density at radius 3 is 2.44 bits per heavy atom. The first-order chi connectivity index (χ1) is 15.5. The Morgan fingerprint density at radius 1 is 1.06 bits per heavy atom. The Labute approximate surface area is 194 Å². The fraction of sp³-hybridized carbons (Fsp3) is 0.400. The summed E-state index contributed by atoms with van der Waals surface area (Å²) in [5.74, 6) is -0.324. The summed E-state index contributed by atoms with van der Waals surface area (Å²) in [4.78, 5) is 39.2. The first-order valence-corrected chi connectivity index (χ1v) is 11.6. The van der Waals surface area contributed by atoms with Gasteiger partial charge < -0.3 is 15.5 Å². The topological polar surface area (TPSA) is 78.5 Å². The number of hydrogen-bond acceptors (Lipinski definition) is 3. The largest absolute Gasteiger partial charge is 0.352 e. The number of likely N-dealkylation sites (tertiary alicyclic amines) is 1. The maximum Gasteiger partial charge on any atom is 0.252 e. The smallest absolute Gasteiger partial charge is 0.252 e. The molecule has 7 heteroatoms. The standard InChI is InChI=1S/C25H30ClN3O3/c1-2-14-27-25(32)21-10-9-20(17-22(21)26)28-24(31)19-12-15-29(16-13-19)23(30)11-8-18-6-4-3-5-7-18/h3-7,9-10,17,19H,2,8,11-16H2,1H3,(H,27,32)(H,28,31). The fourth-order valence-electron chi connectivity index (χ4n) is 3.80. The third-order valence-electron chi connectivity index (χ3n) is 5.71. The van der Waals surface area contributed by atoms with Crippen LogP contribution < -0.4 is 10.6 Å². The number of anilines is 1. The zero-order valence-electron chi connectivity index (χ0n) is 18.4. The van der Waals surface area contributed by atoms with Crippen LogP contribution in [0.25, 0.3) is 0 Å². The van der Waals surface area contributed by atoms with Crippen LogP contribution in [0.15, 0.2) is 48.5 Å². The van der Waals surface area contributed by atoms with E-state index in [4.69, 9.17) is 11.6 Å². The summed E-state index contributed by atoms with van der Waals surface area (Å²) >= 11 is 6.24. The molecule has 1 fully saturated rings. The number of hydrogen-bond donors (Lipinski definition) is 2. The van der Waals surface area contributed by atoms with Crippen LogP contribution in [0, 0.1) is 5.92 Å². The number of piperidine rings is 1. The van der Waals surface area contributed by atoms with Gasteiger partial charge in [0.2, 0.25) is 11.8 Å². The molecule has 32 heavy (non-hydrogen) atoms. The van der Waals surface area contributed by atoms with E-state index in [-0.39, 0.29) is 23.6 Å². The minimum Gasteiger partial charge on any atom is -0.352 e. The summed E-state index contributed by atoms with van der Waals surface area (Å²) in [6.07, 6.45) is 3.32. The van der Waals surface area contributed by atoms with Gasteiger partial charge in [-0.25, -0.2) is 0 Å². The van der Waals surface area contributed by atoms with Gasteiger partial charge in [-0.3, -0.25) is 14.4 Å². The number of halogens is 1. The van der Waals surface area contributed by atoms with Gasteiger partial charge in [-0.15, -0.1) is 0 Å². The lowest BCUT2D eigenvalue weighted by molar-refractivity contribution is -0.134. The van der Waals surface area contributed by atoms with Crippen molar-refractivity contribution in [3.05, 3.63) is 64.7 Å². The van der Waals surface area contributed by atoms with E-state index in [1.54, 1.807) is 18.2 Å². The van der Waals surface area contributed by atoms with Crippen LogP contribution in [0.1, 0.15) is 48.5 Å². The van der Waals surface area contributed by atoms with Gasteiger partial charge in [0.05, 0.1) is 10.6 Å². The van der Waals surface area contributed by atoms with Gasteiger partial charge in [0.15, 0.2) is 0 Å². The Kier molecular flexibility index (Phi) is 8.68. The number of nitrogens with one attached hydrogen (secondary N) is 2. The molecule has 0 bridgehead atoms. The van der Waals surface area contributed by atoms with Crippen molar-refractivity contribution in [3.63, 3.8) is 0 Å². The quantitative estimate of drug-likeness (QED) is 0.623. The van der Waals surface area contributed by atoms with Crippen molar-refractivity contribution in [2.45, 2.75) is 39.0 Å². The van der Waals surface area contributed by atoms with E-state index in [0.717, 1.165) is 18.4 Å². The number of nitrogens with zero attached hydrogens (tertiary/aromatic N) is 1. The second kappa shape index (κ2) is 11.7. The second-order valence-corrected chi connectivity index (χ2v) is 8.49. The number of amides is 3. The molecule has 2 aromatic rings. The third-order valence-corrected chi connectivity index (χ3v) is 6.02. The van der Waals surface area contributed by atoms with Gasteiger partial charge in [-0.05, 0) is 49.4 Å². The van der Waals surface area contributed by atoms with Crippen molar-refractivity contribution in [3.8, 4) is 0 Å². The van der Waals surface area contributed by atoms with Crippen molar-refractivity contribution in [2.24, 2.45) is 5.92 Å². The van der Waals surface area contributed by atoms with E-state index in [1.807, 2.05) is 42.2 Å². The van der Waals surface area contributed by atoms with Crippen LogP contribution in [0.5, 0.6) is 0 Å². The van der Waals surface area contributed by atoms with Crippen molar-refractivity contribution in [2.75, 3.05) is 25.0 Å². The molecule has 0 atom stereocenters. The Morgan fingerprint density at radius 2 is 1.78 bits per heavy atom. The molecule has 0 aromatic heterocycles. The van der Waals surface area contributed by atoms with Crippen LogP contribution >= 0.6 is 11.6 Å². The van der Waals surface area contributed by atoms with E-state index < -0.39 is 0 Å². The minimum atomic E-state index is -0.223. The van der Waals surface area contributed by atoms with Crippen LogP contribution in [0.4, 0.5) is 5.69 Å². The van der Waals surface area contributed by atoms with Gasteiger partial charge in [0.25, 0.3) is 5.91 Å². The fourth-order valence-corrected chi connectivity index (χ4v) is 4.07. The van der Waals surface area contributed by atoms with Crippen LogP contribution in [0.2, 0.25) is 5.02 Å². The van der Waals surface area contributed by atoms with E-state index >= 15 is 0 Å². The molecule has 3 rings (SSSR count). The molecule has 1 saturated heterocycles. The van der Waals surface area contributed by atoms with Gasteiger partial charge >= 0.3 is 0 Å². The summed E-state index contributed by atoms with van der Waals surface area (Å²) in [5.41, 5.74) is 2.11. The van der Waals surface area contributed by atoms with Crippen molar-refractivity contribution >= 4 is 35.0 Å². The molecule has 1 heterocycles. The van der Waals surface area contributed by atoms with E-state index in [2.05, 4.69) is 10.6 Å². The van der Waals surface area contributed by atoms with Gasteiger partial charge in [-0.2, -0.15) is 0 Å². The zero-order valence-corrected chi connectivity index (χ0v) is 19.2. The lowest BCUT2D eigenvalue weighted by Crippen LogP contribution is -2.41. The molecule has 0 spiro atoms. The van der Waals surface area contributed by atoms with Gasteiger partial charge in [0.1, 0.15) is 0 Å². The summed E-state index contributed by atoms with van der Waals surface area (Å²) in [6, 6.07) is 14.9. The average molecular weight is 456 g/mol. The molecule has 2 aromatic carbocycles. The van der Waals surface area contributed by atoms with Crippen LogP contribution in [-0.2, 0) is 16.0 Å². The molecule has 1 aliphatic heterocycles. The van der Waals surface area contributed by atoms with Gasteiger partial charge in [0, 0.05) is 37.7 Å².